The zero-order chi connectivity index (χ0) is 18.8. The average Bonchev–Trinajstić information content (AvgIpc) is 2.65. The van der Waals surface area contributed by atoms with E-state index in [9.17, 15) is 19.5 Å². The average molecular weight is 376 g/mol. The zero-order valence-corrected chi connectivity index (χ0v) is 14.2. The standard InChI is InChI=1S/C16H16N4O5S/c17-10(8-4-2-1-3-5-8)13(21)19-11-14(22)20-12(16(23)24)9(6-18-25)7-26-15(11)20/h1-6,10-11,15,25H,7,17H2,(H,19,21)(H,23,24)/t10?,11-,15+/m1/s1. The van der Waals surface area contributed by atoms with Crippen LogP contribution in [0.5, 0.6) is 0 Å². The first-order valence-corrected chi connectivity index (χ1v) is 8.70. The molecular weight excluding hydrogens is 360 g/mol. The van der Waals surface area contributed by atoms with Gasteiger partial charge in [0, 0.05) is 11.3 Å². The van der Waals surface area contributed by atoms with Crippen LogP contribution in [-0.2, 0) is 14.4 Å². The van der Waals surface area contributed by atoms with E-state index in [0.29, 0.717) is 5.56 Å². The number of carbonyl (C=O) groups is 3. The molecule has 2 heterocycles. The van der Waals surface area contributed by atoms with Gasteiger partial charge in [0.2, 0.25) is 5.91 Å². The second kappa shape index (κ2) is 7.18. The highest BCUT2D eigenvalue weighted by atomic mass is 32.2. The third kappa shape index (κ3) is 3.04. The number of carbonyl (C=O) groups excluding carboxylic acids is 2. The lowest BCUT2D eigenvalue weighted by molar-refractivity contribution is -0.150. The van der Waals surface area contributed by atoms with Crippen molar-refractivity contribution in [2.24, 2.45) is 10.9 Å². The summed E-state index contributed by atoms with van der Waals surface area (Å²) in [5.41, 5.74) is 6.51. The molecule has 0 saturated carbocycles. The fourth-order valence-electron chi connectivity index (χ4n) is 2.87. The molecule has 1 saturated heterocycles. The van der Waals surface area contributed by atoms with Gasteiger partial charge < -0.3 is 21.4 Å². The van der Waals surface area contributed by atoms with Gasteiger partial charge in [-0.3, -0.25) is 14.5 Å². The molecule has 0 bridgehead atoms. The van der Waals surface area contributed by atoms with Crippen LogP contribution in [0.25, 0.3) is 0 Å². The van der Waals surface area contributed by atoms with Gasteiger partial charge in [-0.15, -0.1) is 11.8 Å². The maximum Gasteiger partial charge on any atom is 0.353 e. The Morgan fingerprint density at radius 1 is 1.38 bits per heavy atom. The number of benzene rings is 1. The lowest BCUT2D eigenvalue weighted by Crippen LogP contribution is -2.71. The molecule has 2 aliphatic heterocycles. The number of carboxylic acid groups (broad SMARTS) is 1. The SMILES string of the molecule is NC(C(=O)N[C@@H]1C(=O)N2C(C(=O)O)=C(C=NO)CS[C@@H]12)c1ccccc1. The molecule has 1 aromatic carbocycles. The Bertz CT molecular complexity index is 810. The highest BCUT2D eigenvalue weighted by Crippen LogP contribution is 2.40. The molecule has 2 amide bonds. The van der Waals surface area contributed by atoms with Crippen molar-refractivity contribution in [1.82, 2.24) is 10.2 Å². The van der Waals surface area contributed by atoms with Crippen molar-refractivity contribution in [3.8, 4) is 0 Å². The normalized spacial score (nSPS) is 23.4. The van der Waals surface area contributed by atoms with Crippen LogP contribution in [0.1, 0.15) is 11.6 Å². The molecule has 9 nitrogen and oxygen atoms in total. The van der Waals surface area contributed by atoms with E-state index in [-0.39, 0.29) is 17.0 Å². The zero-order valence-electron chi connectivity index (χ0n) is 13.4. The quantitative estimate of drug-likeness (QED) is 0.243. The topological polar surface area (TPSA) is 145 Å². The number of fused-ring (bicyclic) bond motifs is 1. The smallest absolute Gasteiger partial charge is 0.353 e. The molecule has 1 fully saturated rings. The van der Waals surface area contributed by atoms with Crippen molar-refractivity contribution < 1.29 is 24.7 Å². The van der Waals surface area contributed by atoms with Gasteiger partial charge in [0.1, 0.15) is 23.2 Å². The number of amides is 2. The largest absolute Gasteiger partial charge is 0.477 e. The Morgan fingerprint density at radius 3 is 2.69 bits per heavy atom. The minimum absolute atomic E-state index is 0.223. The molecular formula is C16H16N4O5S. The first kappa shape index (κ1) is 18.0. The lowest BCUT2D eigenvalue weighted by Gasteiger charge is -2.49. The number of hydrogen-bond donors (Lipinski definition) is 4. The Kier molecular flexibility index (Phi) is 4.96. The summed E-state index contributed by atoms with van der Waals surface area (Å²) in [6, 6.07) is 6.93. The number of nitrogens with two attached hydrogens (primary N) is 1. The van der Waals surface area contributed by atoms with Crippen LogP contribution >= 0.6 is 11.8 Å². The molecule has 0 spiro atoms. The first-order valence-electron chi connectivity index (χ1n) is 7.65. The molecule has 3 rings (SSSR count). The minimum Gasteiger partial charge on any atom is -0.477 e. The summed E-state index contributed by atoms with van der Waals surface area (Å²) < 4.78 is 0. The number of aliphatic carboxylic acids is 1. The van der Waals surface area contributed by atoms with Crippen LogP contribution in [-0.4, -0.2) is 56.4 Å². The minimum atomic E-state index is -1.30. The summed E-state index contributed by atoms with van der Waals surface area (Å²) in [6.45, 7) is 0. The number of β-lactam (4-membered cyclic amide) rings is 1. The number of oxime groups is 1. The second-order valence-corrected chi connectivity index (χ2v) is 6.81. The highest BCUT2D eigenvalue weighted by molar-refractivity contribution is 8.00. The Balaban J connectivity index is 1.75. The summed E-state index contributed by atoms with van der Waals surface area (Å²) in [5, 5.41) is 22.9. The van der Waals surface area contributed by atoms with Crippen molar-refractivity contribution in [2.45, 2.75) is 17.5 Å². The fourth-order valence-corrected chi connectivity index (χ4v) is 4.16. The number of nitrogens with zero attached hydrogens (tertiary/aromatic N) is 2. The van der Waals surface area contributed by atoms with Crippen LogP contribution < -0.4 is 11.1 Å². The van der Waals surface area contributed by atoms with Crippen LogP contribution in [0.15, 0.2) is 46.8 Å². The van der Waals surface area contributed by atoms with Crippen molar-refractivity contribution in [1.29, 1.82) is 0 Å². The molecule has 10 heteroatoms. The maximum absolute atomic E-state index is 12.4. The molecule has 136 valence electrons. The highest BCUT2D eigenvalue weighted by Gasteiger charge is 2.54. The van der Waals surface area contributed by atoms with E-state index < -0.39 is 35.2 Å². The van der Waals surface area contributed by atoms with E-state index in [0.717, 1.165) is 11.1 Å². The molecule has 0 radical (unpaired) electrons. The summed E-state index contributed by atoms with van der Waals surface area (Å²) >= 11 is 1.27. The van der Waals surface area contributed by atoms with E-state index in [1.807, 2.05) is 0 Å². The number of rotatable bonds is 5. The Hall–Kier alpha value is -2.85. The molecule has 2 aliphatic rings. The van der Waals surface area contributed by atoms with Gasteiger partial charge in [0.25, 0.3) is 5.91 Å². The predicted molar refractivity (Wildman–Crippen MR) is 93.3 cm³/mol. The van der Waals surface area contributed by atoms with E-state index >= 15 is 0 Å². The third-order valence-corrected chi connectivity index (χ3v) is 5.46. The van der Waals surface area contributed by atoms with Crippen molar-refractivity contribution in [3.63, 3.8) is 0 Å². The van der Waals surface area contributed by atoms with Crippen LogP contribution in [0.4, 0.5) is 0 Å². The summed E-state index contributed by atoms with van der Waals surface area (Å²) in [6.07, 6.45) is 0.997. The Labute approximate surface area is 152 Å². The van der Waals surface area contributed by atoms with Gasteiger partial charge in [-0.05, 0) is 5.56 Å². The van der Waals surface area contributed by atoms with E-state index in [1.165, 1.54) is 11.8 Å². The number of hydrogen-bond acceptors (Lipinski definition) is 7. The lowest BCUT2D eigenvalue weighted by atomic mass is 10.0. The third-order valence-electron chi connectivity index (χ3n) is 4.15. The summed E-state index contributed by atoms with van der Waals surface area (Å²) in [4.78, 5) is 37.3. The molecule has 26 heavy (non-hydrogen) atoms. The molecule has 5 N–H and O–H groups in total. The van der Waals surface area contributed by atoms with Crippen molar-refractivity contribution in [3.05, 3.63) is 47.2 Å². The van der Waals surface area contributed by atoms with Crippen molar-refractivity contribution >= 4 is 35.8 Å². The summed E-state index contributed by atoms with van der Waals surface area (Å²) in [7, 11) is 0. The van der Waals surface area contributed by atoms with Gasteiger partial charge in [-0.2, -0.15) is 0 Å². The van der Waals surface area contributed by atoms with Crippen LogP contribution in [0, 0.1) is 0 Å². The molecule has 1 aromatic rings. The molecule has 3 atom stereocenters. The Morgan fingerprint density at radius 2 is 2.08 bits per heavy atom. The monoisotopic (exact) mass is 376 g/mol. The second-order valence-electron chi connectivity index (χ2n) is 5.71. The predicted octanol–water partition coefficient (Wildman–Crippen LogP) is -0.115. The number of nitrogens with one attached hydrogen (secondary N) is 1. The van der Waals surface area contributed by atoms with Gasteiger partial charge >= 0.3 is 5.97 Å². The first-order chi connectivity index (χ1) is 12.5. The molecule has 0 aliphatic carbocycles. The van der Waals surface area contributed by atoms with Gasteiger partial charge in [0.15, 0.2) is 0 Å². The van der Waals surface area contributed by atoms with E-state index in [2.05, 4.69) is 10.5 Å². The van der Waals surface area contributed by atoms with Crippen molar-refractivity contribution in [2.75, 3.05) is 5.75 Å². The maximum atomic E-state index is 12.4. The van der Waals surface area contributed by atoms with Gasteiger partial charge in [-0.25, -0.2) is 4.79 Å². The van der Waals surface area contributed by atoms with Gasteiger partial charge in [-0.1, -0.05) is 35.5 Å². The van der Waals surface area contributed by atoms with Crippen LogP contribution in [0.3, 0.4) is 0 Å². The summed E-state index contributed by atoms with van der Waals surface area (Å²) in [5.74, 6) is -2.13. The number of thioether (sulfide) groups is 1. The van der Waals surface area contributed by atoms with E-state index in [4.69, 9.17) is 10.9 Å². The van der Waals surface area contributed by atoms with Gasteiger partial charge in [0.05, 0.1) is 6.21 Å². The van der Waals surface area contributed by atoms with E-state index in [1.54, 1.807) is 30.3 Å². The molecule has 1 unspecified atom stereocenters. The number of carboxylic acids is 1. The fraction of sp³-hybridized carbons (Fsp3) is 0.250. The van der Waals surface area contributed by atoms with Crippen LogP contribution in [0.2, 0.25) is 0 Å². The molecule has 0 aromatic heterocycles.